The Hall–Kier alpha value is -2.23. The molecule has 0 spiro atoms. The van der Waals surface area contributed by atoms with Gasteiger partial charge in [0.25, 0.3) is 0 Å². The van der Waals surface area contributed by atoms with Crippen LogP contribution < -0.4 is 5.73 Å². The first-order valence-corrected chi connectivity index (χ1v) is 11.3. The van der Waals surface area contributed by atoms with Crippen molar-refractivity contribution in [2.24, 2.45) is 0 Å². The van der Waals surface area contributed by atoms with Gasteiger partial charge in [0.05, 0.1) is 55.5 Å². The van der Waals surface area contributed by atoms with Crippen LogP contribution in [0, 0.1) is 0 Å². The molecule has 4 N–H and O–H groups in total. The van der Waals surface area contributed by atoms with Crippen molar-refractivity contribution >= 4 is 28.5 Å². The van der Waals surface area contributed by atoms with E-state index in [2.05, 4.69) is 14.5 Å². The van der Waals surface area contributed by atoms with Gasteiger partial charge in [-0.05, 0) is 30.5 Å². The summed E-state index contributed by atoms with van der Waals surface area (Å²) in [4.78, 5) is 8.35. The molecule has 0 radical (unpaired) electrons. The predicted molar refractivity (Wildman–Crippen MR) is 123 cm³/mol. The number of rotatable bonds is 10. The molecule has 2 aromatic heterocycles. The molecule has 3 aromatic rings. The van der Waals surface area contributed by atoms with Crippen molar-refractivity contribution in [2.75, 3.05) is 38.8 Å². The summed E-state index contributed by atoms with van der Waals surface area (Å²) in [6, 6.07) is 6.09. The molecule has 0 atom stereocenters. The highest BCUT2D eigenvalue weighted by Crippen LogP contribution is 2.41. The molecule has 9 heteroatoms. The second-order valence-corrected chi connectivity index (χ2v) is 8.49. The number of nitrogens with zero attached hydrogens (tertiary/aromatic N) is 3. The zero-order valence-electron chi connectivity index (χ0n) is 18.0. The van der Waals surface area contributed by atoms with Gasteiger partial charge in [-0.25, -0.2) is 9.97 Å². The summed E-state index contributed by atoms with van der Waals surface area (Å²) in [7, 11) is 0. The third-order valence-corrected chi connectivity index (χ3v) is 6.23. The number of fused-ring (bicyclic) bond motifs is 1. The molecular weight excluding hydrogens is 432 g/mol. The SMILES string of the molecule is Nc1ncc(Cl)c(-c2cn(CCOCCOCCO)c3ccc(C4(O)CCCC4)cc23)n1. The van der Waals surface area contributed by atoms with Gasteiger partial charge in [-0.2, -0.15) is 0 Å². The van der Waals surface area contributed by atoms with Gasteiger partial charge in [0.1, 0.15) is 0 Å². The van der Waals surface area contributed by atoms with E-state index in [0.717, 1.165) is 47.7 Å². The molecule has 1 aromatic carbocycles. The van der Waals surface area contributed by atoms with E-state index in [4.69, 9.17) is 31.9 Å². The normalized spacial score (nSPS) is 15.6. The van der Waals surface area contributed by atoms with Crippen molar-refractivity contribution in [2.45, 2.75) is 37.8 Å². The number of hydrogen-bond donors (Lipinski definition) is 3. The number of ether oxygens (including phenoxy) is 2. The average Bonchev–Trinajstić information content (AvgIpc) is 3.39. The fraction of sp³-hybridized carbons (Fsp3) is 0.478. The molecule has 0 saturated heterocycles. The first-order chi connectivity index (χ1) is 15.5. The summed E-state index contributed by atoms with van der Waals surface area (Å²) in [6.07, 6.45) is 7.08. The van der Waals surface area contributed by atoms with E-state index in [9.17, 15) is 5.11 Å². The summed E-state index contributed by atoms with van der Waals surface area (Å²) in [5.74, 6) is 0.155. The second-order valence-electron chi connectivity index (χ2n) is 8.08. The van der Waals surface area contributed by atoms with Crippen LogP contribution in [0.25, 0.3) is 22.2 Å². The summed E-state index contributed by atoms with van der Waals surface area (Å²) in [5.41, 5.74) is 8.37. The fourth-order valence-electron chi connectivity index (χ4n) is 4.33. The van der Waals surface area contributed by atoms with Crippen LogP contribution in [0.3, 0.4) is 0 Å². The lowest BCUT2D eigenvalue weighted by atomic mass is 9.91. The summed E-state index contributed by atoms with van der Waals surface area (Å²) in [5, 5.41) is 21.2. The van der Waals surface area contributed by atoms with Gasteiger partial charge in [0, 0.05) is 29.2 Å². The van der Waals surface area contributed by atoms with Gasteiger partial charge in [0.2, 0.25) is 5.95 Å². The highest BCUT2D eigenvalue weighted by atomic mass is 35.5. The largest absolute Gasteiger partial charge is 0.394 e. The third kappa shape index (κ3) is 4.89. The van der Waals surface area contributed by atoms with E-state index >= 15 is 0 Å². The molecule has 8 nitrogen and oxygen atoms in total. The first-order valence-electron chi connectivity index (χ1n) is 10.9. The smallest absolute Gasteiger partial charge is 0.220 e. The van der Waals surface area contributed by atoms with Crippen LogP contribution in [-0.4, -0.2) is 57.8 Å². The van der Waals surface area contributed by atoms with Crippen LogP contribution in [0.15, 0.2) is 30.6 Å². The number of nitrogen functional groups attached to an aromatic ring is 1. The van der Waals surface area contributed by atoms with Crippen molar-refractivity contribution in [3.05, 3.63) is 41.2 Å². The third-order valence-electron chi connectivity index (χ3n) is 5.95. The molecule has 0 aliphatic heterocycles. The number of halogens is 1. The molecule has 0 amide bonds. The summed E-state index contributed by atoms with van der Waals surface area (Å²) in [6.45, 7) is 2.33. The number of aliphatic hydroxyl groups is 2. The Labute approximate surface area is 191 Å². The molecule has 1 aliphatic rings. The zero-order chi connectivity index (χ0) is 22.6. The maximum Gasteiger partial charge on any atom is 0.220 e. The van der Waals surface area contributed by atoms with E-state index < -0.39 is 5.60 Å². The van der Waals surface area contributed by atoms with Crippen molar-refractivity contribution in [3.63, 3.8) is 0 Å². The highest BCUT2D eigenvalue weighted by Gasteiger charge is 2.33. The lowest BCUT2D eigenvalue weighted by Gasteiger charge is -2.23. The minimum atomic E-state index is -0.792. The van der Waals surface area contributed by atoms with Crippen molar-refractivity contribution in [1.82, 2.24) is 14.5 Å². The van der Waals surface area contributed by atoms with Gasteiger partial charge in [-0.1, -0.05) is 30.5 Å². The number of anilines is 1. The average molecular weight is 461 g/mol. The Morgan fingerprint density at radius 3 is 2.62 bits per heavy atom. The topological polar surface area (TPSA) is 116 Å². The molecule has 2 heterocycles. The quantitative estimate of drug-likeness (QED) is 0.398. The maximum absolute atomic E-state index is 11.1. The lowest BCUT2D eigenvalue weighted by molar-refractivity contribution is 0.0312. The van der Waals surface area contributed by atoms with Crippen LogP contribution in [0.2, 0.25) is 5.02 Å². The molecule has 0 bridgehead atoms. The van der Waals surface area contributed by atoms with E-state index in [1.165, 1.54) is 6.20 Å². The van der Waals surface area contributed by atoms with Gasteiger partial charge in [-0.15, -0.1) is 0 Å². The lowest BCUT2D eigenvalue weighted by Crippen LogP contribution is -2.20. The monoisotopic (exact) mass is 460 g/mol. The van der Waals surface area contributed by atoms with Crippen LogP contribution in [0.1, 0.15) is 31.2 Å². The maximum atomic E-state index is 11.1. The standard InChI is InChI=1S/C23H29ClN4O4/c24-19-14-26-22(25)27-21(19)18-15-28(7-9-31-11-12-32-10-8-29)20-4-3-16(13-17(18)20)23(30)5-1-2-6-23/h3-4,13-15,29-30H,1-2,5-12H2,(H2,25,26,27). The summed E-state index contributed by atoms with van der Waals surface area (Å²) >= 11 is 6.43. The minimum Gasteiger partial charge on any atom is -0.394 e. The molecule has 4 rings (SSSR count). The van der Waals surface area contributed by atoms with Gasteiger partial charge in [-0.3, -0.25) is 0 Å². The van der Waals surface area contributed by atoms with E-state index in [1.54, 1.807) is 0 Å². The number of benzene rings is 1. The van der Waals surface area contributed by atoms with Crippen LogP contribution in [0.4, 0.5) is 5.95 Å². The predicted octanol–water partition coefficient (Wildman–Crippen LogP) is 3.12. The van der Waals surface area contributed by atoms with E-state index in [-0.39, 0.29) is 12.6 Å². The van der Waals surface area contributed by atoms with Crippen LogP contribution >= 0.6 is 11.6 Å². The molecular formula is C23H29ClN4O4. The minimum absolute atomic E-state index is 0.00532. The number of hydrogen-bond acceptors (Lipinski definition) is 7. The first kappa shape index (κ1) is 22.9. The van der Waals surface area contributed by atoms with Crippen LogP contribution in [-0.2, 0) is 21.6 Å². The Morgan fingerprint density at radius 1 is 1.12 bits per heavy atom. The Kier molecular flexibility index (Phi) is 7.27. The number of aromatic nitrogens is 3. The zero-order valence-corrected chi connectivity index (χ0v) is 18.7. The molecule has 172 valence electrons. The summed E-state index contributed by atoms with van der Waals surface area (Å²) < 4.78 is 13.0. The molecule has 0 unspecified atom stereocenters. The van der Waals surface area contributed by atoms with Gasteiger partial charge in [0.15, 0.2) is 0 Å². The second kappa shape index (κ2) is 10.1. The Morgan fingerprint density at radius 2 is 1.88 bits per heavy atom. The van der Waals surface area contributed by atoms with Crippen molar-refractivity contribution in [1.29, 1.82) is 0 Å². The molecule has 1 fully saturated rings. The Balaban J connectivity index is 1.64. The van der Waals surface area contributed by atoms with Gasteiger partial charge >= 0.3 is 0 Å². The molecule has 32 heavy (non-hydrogen) atoms. The molecule has 1 saturated carbocycles. The van der Waals surface area contributed by atoms with Crippen molar-refractivity contribution in [3.8, 4) is 11.3 Å². The van der Waals surface area contributed by atoms with Crippen LogP contribution in [0.5, 0.6) is 0 Å². The number of aliphatic hydroxyl groups excluding tert-OH is 1. The highest BCUT2D eigenvalue weighted by molar-refractivity contribution is 6.33. The van der Waals surface area contributed by atoms with Crippen molar-refractivity contribution < 1.29 is 19.7 Å². The molecule has 1 aliphatic carbocycles. The van der Waals surface area contributed by atoms with E-state index in [1.807, 2.05) is 24.4 Å². The fourth-order valence-corrected chi connectivity index (χ4v) is 4.52. The Bertz CT molecular complexity index is 1070. The number of nitrogens with two attached hydrogens (primary N) is 1. The van der Waals surface area contributed by atoms with E-state index in [0.29, 0.717) is 43.7 Å². The van der Waals surface area contributed by atoms with Gasteiger partial charge < -0.3 is 30.0 Å².